The van der Waals surface area contributed by atoms with E-state index >= 15 is 0 Å². The Morgan fingerprint density at radius 2 is 2.00 bits per heavy atom. The van der Waals surface area contributed by atoms with Crippen LogP contribution in [-0.4, -0.2) is 24.5 Å². The Hall–Kier alpha value is -2.80. The third-order valence-electron chi connectivity index (χ3n) is 3.36. The Morgan fingerprint density at radius 1 is 1.20 bits per heavy atom. The van der Waals surface area contributed by atoms with E-state index in [1.807, 2.05) is 24.3 Å². The van der Waals surface area contributed by atoms with Crippen molar-refractivity contribution in [2.75, 3.05) is 7.11 Å². The monoisotopic (exact) mass is 361 g/mol. The average Bonchev–Trinajstić information content (AvgIpc) is 3.04. The summed E-state index contributed by atoms with van der Waals surface area (Å²) in [4.78, 5) is 16.6. The van der Waals surface area contributed by atoms with Crippen LogP contribution in [0, 0.1) is 0 Å². The maximum absolute atomic E-state index is 12.6. The number of alkyl halides is 2. The van der Waals surface area contributed by atoms with Crippen LogP contribution < -0.4 is 9.47 Å². The molecule has 0 aliphatic carbocycles. The number of thiazole rings is 1. The smallest absolute Gasteiger partial charge is 0.387 e. The third kappa shape index (κ3) is 3.83. The van der Waals surface area contributed by atoms with Gasteiger partial charge in [-0.1, -0.05) is 24.3 Å². The van der Waals surface area contributed by atoms with E-state index in [-0.39, 0.29) is 17.3 Å². The number of benzene rings is 2. The van der Waals surface area contributed by atoms with Gasteiger partial charge in [0, 0.05) is 5.56 Å². The Kier molecular flexibility index (Phi) is 5.04. The first-order valence-corrected chi connectivity index (χ1v) is 8.10. The number of ether oxygens (including phenoxy) is 2. The SMILES string of the molecule is COc1cccc(/C=C/C(=O)c2nc3ccccc3s2)c1OC(F)F. The van der Waals surface area contributed by atoms with Crippen molar-refractivity contribution in [1.82, 2.24) is 4.98 Å². The minimum Gasteiger partial charge on any atom is -0.493 e. The first-order chi connectivity index (χ1) is 12.1. The predicted molar refractivity (Wildman–Crippen MR) is 92.6 cm³/mol. The quantitative estimate of drug-likeness (QED) is 0.467. The summed E-state index contributed by atoms with van der Waals surface area (Å²) >= 11 is 1.28. The molecule has 2 aromatic carbocycles. The van der Waals surface area contributed by atoms with Crippen molar-refractivity contribution in [3.05, 3.63) is 59.1 Å². The zero-order valence-electron chi connectivity index (χ0n) is 13.1. The highest BCUT2D eigenvalue weighted by Gasteiger charge is 2.15. The van der Waals surface area contributed by atoms with Crippen molar-refractivity contribution in [1.29, 1.82) is 0 Å². The number of hydrogen-bond acceptors (Lipinski definition) is 5. The van der Waals surface area contributed by atoms with Gasteiger partial charge < -0.3 is 9.47 Å². The van der Waals surface area contributed by atoms with Crippen LogP contribution in [0.25, 0.3) is 16.3 Å². The second-order valence-corrected chi connectivity index (χ2v) is 5.97. The molecule has 0 saturated carbocycles. The van der Waals surface area contributed by atoms with E-state index in [0.717, 1.165) is 10.2 Å². The second-order valence-electron chi connectivity index (χ2n) is 4.94. The number of allylic oxidation sites excluding steroid dienone is 1. The standard InChI is InChI=1S/C18H13F2NO3S/c1-23-14-7-4-5-11(16(14)24-18(19)20)9-10-13(22)17-21-12-6-2-3-8-15(12)25-17/h2-10,18H,1H3/b10-9+. The number of rotatable bonds is 6. The molecule has 0 atom stereocenters. The number of fused-ring (bicyclic) bond motifs is 1. The lowest BCUT2D eigenvalue weighted by Gasteiger charge is -2.12. The topological polar surface area (TPSA) is 48.4 Å². The van der Waals surface area contributed by atoms with Crippen molar-refractivity contribution in [3.63, 3.8) is 0 Å². The van der Waals surface area contributed by atoms with Gasteiger partial charge in [-0.25, -0.2) is 4.98 Å². The molecule has 4 nitrogen and oxygen atoms in total. The predicted octanol–water partition coefficient (Wildman–Crippen LogP) is 4.80. The lowest BCUT2D eigenvalue weighted by atomic mass is 10.1. The van der Waals surface area contributed by atoms with Gasteiger partial charge in [-0.3, -0.25) is 4.79 Å². The molecule has 3 aromatic rings. The molecule has 0 radical (unpaired) electrons. The summed E-state index contributed by atoms with van der Waals surface area (Å²) in [6.45, 7) is -3.00. The van der Waals surface area contributed by atoms with Gasteiger partial charge in [0.2, 0.25) is 5.78 Å². The zero-order valence-corrected chi connectivity index (χ0v) is 13.9. The van der Waals surface area contributed by atoms with E-state index < -0.39 is 6.61 Å². The summed E-state index contributed by atoms with van der Waals surface area (Å²) in [5.41, 5.74) is 1.06. The van der Waals surface area contributed by atoms with Gasteiger partial charge in [0.25, 0.3) is 0 Å². The van der Waals surface area contributed by atoms with Gasteiger partial charge in [0.05, 0.1) is 17.3 Å². The highest BCUT2D eigenvalue weighted by atomic mass is 32.1. The lowest BCUT2D eigenvalue weighted by Crippen LogP contribution is -2.05. The summed E-state index contributed by atoms with van der Waals surface area (Å²) in [6, 6.07) is 12.1. The molecule has 0 N–H and O–H groups in total. The van der Waals surface area contributed by atoms with Crippen LogP contribution in [-0.2, 0) is 0 Å². The van der Waals surface area contributed by atoms with Gasteiger partial charge in [-0.05, 0) is 30.4 Å². The van der Waals surface area contributed by atoms with E-state index in [4.69, 9.17) is 4.74 Å². The van der Waals surface area contributed by atoms with E-state index in [9.17, 15) is 13.6 Å². The van der Waals surface area contributed by atoms with Crippen molar-refractivity contribution in [2.24, 2.45) is 0 Å². The summed E-state index contributed by atoms with van der Waals surface area (Å²) in [7, 11) is 1.35. The van der Waals surface area contributed by atoms with E-state index in [0.29, 0.717) is 10.6 Å². The van der Waals surface area contributed by atoms with Gasteiger partial charge in [0.15, 0.2) is 16.5 Å². The molecule has 0 unspecified atom stereocenters. The molecule has 0 saturated heterocycles. The number of ketones is 1. The zero-order chi connectivity index (χ0) is 17.8. The van der Waals surface area contributed by atoms with Crippen LogP contribution in [0.5, 0.6) is 11.5 Å². The van der Waals surface area contributed by atoms with Crippen LogP contribution in [0.2, 0.25) is 0 Å². The molecule has 1 heterocycles. The maximum Gasteiger partial charge on any atom is 0.387 e. The van der Waals surface area contributed by atoms with Crippen LogP contribution in [0.15, 0.2) is 48.5 Å². The highest BCUT2D eigenvalue weighted by molar-refractivity contribution is 7.20. The largest absolute Gasteiger partial charge is 0.493 e. The molecule has 0 aliphatic heterocycles. The highest BCUT2D eigenvalue weighted by Crippen LogP contribution is 2.33. The molecule has 128 valence electrons. The first kappa shape index (κ1) is 17.0. The van der Waals surface area contributed by atoms with Gasteiger partial charge in [0.1, 0.15) is 0 Å². The molecule has 25 heavy (non-hydrogen) atoms. The number of halogens is 2. The van der Waals surface area contributed by atoms with E-state index in [1.54, 1.807) is 12.1 Å². The van der Waals surface area contributed by atoms with Crippen LogP contribution in [0.1, 0.15) is 15.4 Å². The van der Waals surface area contributed by atoms with Crippen molar-refractivity contribution >= 4 is 33.4 Å². The average molecular weight is 361 g/mol. The molecule has 0 amide bonds. The molecule has 0 aliphatic rings. The first-order valence-electron chi connectivity index (χ1n) is 7.28. The number of hydrogen-bond donors (Lipinski definition) is 0. The van der Waals surface area contributed by atoms with Crippen LogP contribution >= 0.6 is 11.3 Å². The van der Waals surface area contributed by atoms with Crippen molar-refractivity contribution in [3.8, 4) is 11.5 Å². The minimum absolute atomic E-state index is 0.117. The molecule has 1 aromatic heterocycles. The van der Waals surface area contributed by atoms with Gasteiger partial charge >= 0.3 is 6.61 Å². The number of para-hydroxylation sites is 2. The third-order valence-corrected chi connectivity index (χ3v) is 4.41. The summed E-state index contributed by atoms with van der Waals surface area (Å²) in [6.07, 6.45) is 2.69. The van der Waals surface area contributed by atoms with Gasteiger partial charge in [-0.2, -0.15) is 8.78 Å². The molecule has 3 rings (SSSR count). The minimum atomic E-state index is -3.00. The molecule has 7 heteroatoms. The number of nitrogens with zero attached hydrogens (tertiary/aromatic N) is 1. The Bertz CT molecular complexity index is 904. The van der Waals surface area contributed by atoms with E-state index in [1.165, 1.54) is 36.7 Å². The lowest BCUT2D eigenvalue weighted by molar-refractivity contribution is -0.0513. The Balaban J connectivity index is 1.89. The second kappa shape index (κ2) is 7.40. The summed E-state index contributed by atoms with van der Waals surface area (Å²) < 4.78 is 35.7. The fourth-order valence-electron chi connectivity index (χ4n) is 2.25. The number of carbonyl (C=O) groups is 1. The molecule has 0 spiro atoms. The Labute approximate surface area is 146 Å². The van der Waals surface area contributed by atoms with Crippen LogP contribution in [0.4, 0.5) is 8.78 Å². The van der Waals surface area contributed by atoms with Gasteiger partial charge in [-0.15, -0.1) is 11.3 Å². The molecular formula is C18H13F2NO3S. The van der Waals surface area contributed by atoms with Crippen LogP contribution in [0.3, 0.4) is 0 Å². The van der Waals surface area contributed by atoms with Crippen molar-refractivity contribution < 1.29 is 23.0 Å². The number of aromatic nitrogens is 1. The van der Waals surface area contributed by atoms with E-state index in [2.05, 4.69) is 9.72 Å². The maximum atomic E-state index is 12.6. The molecule has 0 fully saturated rings. The fraction of sp³-hybridized carbons (Fsp3) is 0.111. The summed E-state index contributed by atoms with van der Waals surface area (Å²) in [5.74, 6) is -0.268. The molecular weight excluding hydrogens is 348 g/mol. The number of carbonyl (C=O) groups excluding carboxylic acids is 1. The normalized spacial score (nSPS) is 11.4. The fourth-order valence-corrected chi connectivity index (χ4v) is 3.14. The Morgan fingerprint density at radius 3 is 2.72 bits per heavy atom. The summed E-state index contributed by atoms with van der Waals surface area (Å²) in [5, 5.41) is 0.330. The number of methoxy groups -OCH3 is 1. The van der Waals surface area contributed by atoms with Crippen molar-refractivity contribution in [2.45, 2.75) is 6.61 Å². The molecule has 0 bridgehead atoms.